The number of thiocarbonyl (C=S) groups is 1. The summed E-state index contributed by atoms with van der Waals surface area (Å²) in [6.07, 6.45) is 0. The van der Waals surface area contributed by atoms with Crippen molar-refractivity contribution in [2.24, 2.45) is 0 Å². The number of benzene rings is 2. The van der Waals surface area contributed by atoms with E-state index in [9.17, 15) is 4.79 Å². The van der Waals surface area contributed by atoms with Crippen LogP contribution in [0.15, 0.2) is 47.7 Å². The maximum absolute atomic E-state index is 12.4. The Kier molecular flexibility index (Phi) is 7.64. The number of carbonyl (C=O) groups excluding carboxylic acids is 1. The lowest BCUT2D eigenvalue weighted by atomic mass is 9.95. The van der Waals surface area contributed by atoms with E-state index in [-0.39, 0.29) is 6.61 Å². The van der Waals surface area contributed by atoms with E-state index in [0.29, 0.717) is 44.5 Å². The van der Waals surface area contributed by atoms with Gasteiger partial charge in [-0.3, -0.25) is 0 Å². The second kappa shape index (κ2) is 10.2. The molecule has 31 heavy (non-hydrogen) atoms. The van der Waals surface area contributed by atoms with Crippen LogP contribution in [0.5, 0.6) is 11.5 Å². The summed E-state index contributed by atoms with van der Waals surface area (Å²) in [5, 5.41) is 7.60. The van der Waals surface area contributed by atoms with Crippen LogP contribution in [0.3, 0.4) is 0 Å². The van der Waals surface area contributed by atoms with E-state index in [1.54, 1.807) is 25.1 Å². The smallest absolute Gasteiger partial charge is 0.337 e. The summed E-state index contributed by atoms with van der Waals surface area (Å²) in [6.45, 7) is 4.35. The first kappa shape index (κ1) is 23.2. The van der Waals surface area contributed by atoms with Crippen LogP contribution in [0.2, 0.25) is 10.0 Å². The lowest BCUT2D eigenvalue weighted by Crippen LogP contribution is -2.45. The number of hydrogen-bond acceptors (Lipinski definition) is 5. The van der Waals surface area contributed by atoms with Gasteiger partial charge in [-0.2, -0.15) is 0 Å². The van der Waals surface area contributed by atoms with Crippen LogP contribution in [0.1, 0.15) is 31.0 Å². The lowest BCUT2D eigenvalue weighted by Gasteiger charge is -2.30. The minimum absolute atomic E-state index is 0.248. The molecule has 6 nitrogen and oxygen atoms in total. The fraction of sp³-hybridized carbons (Fsp3) is 0.273. The van der Waals surface area contributed by atoms with Gasteiger partial charge in [-0.1, -0.05) is 35.3 Å². The van der Waals surface area contributed by atoms with E-state index < -0.39 is 12.0 Å². The first-order valence-corrected chi connectivity index (χ1v) is 10.7. The molecule has 1 atom stereocenters. The molecule has 1 heterocycles. The van der Waals surface area contributed by atoms with E-state index >= 15 is 0 Å². The number of halogens is 2. The molecule has 0 aromatic heterocycles. The minimum atomic E-state index is -0.486. The number of esters is 1. The van der Waals surface area contributed by atoms with Crippen molar-refractivity contribution < 1.29 is 19.0 Å². The topological polar surface area (TPSA) is 68.8 Å². The van der Waals surface area contributed by atoms with Crippen molar-refractivity contribution in [3.63, 3.8) is 0 Å². The molecule has 0 saturated carbocycles. The number of rotatable bonds is 7. The molecule has 3 rings (SSSR count). The Bertz CT molecular complexity index is 1040. The zero-order chi connectivity index (χ0) is 22.5. The highest BCUT2D eigenvalue weighted by Crippen LogP contribution is 2.35. The van der Waals surface area contributed by atoms with Gasteiger partial charge < -0.3 is 24.8 Å². The summed E-state index contributed by atoms with van der Waals surface area (Å²) in [7, 11) is 1.34. The summed E-state index contributed by atoms with van der Waals surface area (Å²) in [4.78, 5) is 12.4. The lowest BCUT2D eigenvalue weighted by molar-refractivity contribution is -0.136. The number of carbonyl (C=O) groups is 1. The molecule has 1 aliphatic rings. The van der Waals surface area contributed by atoms with Crippen LogP contribution >= 0.6 is 35.4 Å². The molecule has 9 heteroatoms. The fourth-order valence-corrected chi connectivity index (χ4v) is 3.94. The Morgan fingerprint density at radius 2 is 1.90 bits per heavy atom. The number of methoxy groups -OCH3 is 1. The second-order valence-electron chi connectivity index (χ2n) is 6.73. The minimum Gasteiger partial charge on any atom is -0.490 e. The molecule has 0 bridgehead atoms. The van der Waals surface area contributed by atoms with Crippen LogP contribution in [0.4, 0.5) is 0 Å². The van der Waals surface area contributed by atoms with Crippen LogP contribution in [-0.2, 0) is 16.1 Å². The fourth-order valence-electron chi connectivity index (χ4n) is 3.21. The molecule has 0 unspecified atom stereocenters. The van der Waals surface area contributed by atoms with E-state index in [4.69, 9.17) is 49.6 Å². The molecule has 0 amide bonds. The SMILES string of the molecule is CCOc1cc([C@H]2NC(=S)NC(C)=C2C(=O)OC)ccc1OCc1ccc(Cl)cc1Cl. The molecule has 2 N–H and O–H groups in total. The highest BCUT2D eigenvalue weighted by Gasteiger charge is 2.31. The van der Waals surface area contributed by atoms with Crippen molar-refractivity contribution in [1.82, 2.24) is 10.6 Å². The van der Waals surface area contributed by atoms with Crippen molar-refractivity contribution >= 4 is 46.5 Å². The average molecular weight is 481 g/mol. The summed E-state index contributed by atoms with van der Waals surface area (Å²) >= 11 is 17.5. The Morgan fingerprint density at radius 3 is 2.58 bits per heavy atom. The van der Waals surface area contributed by atoms with Gasteiger partial charge in [0.2, 0.25) is 0 Å². The predicted octanol–water partition coefficient (Wildman–Crippen LogP) is 4.94. The van der Waals surface area contributed by atoms with E-state index in [1.165, 1.54) is 7.11 Å². The van der Waals surface area contributed by atoms with E-state index in [0.717, 1.165) is 11.1 Å². The van der Waals surface area contributed by atoms with Gasteiger partial charge >= 0.3 is 5.97 Å². The Hall–Kier alpha value is -2.48. The quantitative estimate of drug-likeness (QED) is 0.429. The second-order valence-corrected chi connectivity index (χ2v) is 7.98. The van der Waals surface area contributed by atoms with Gasteiger partial charge in [0.1, 0.15) is 6.61 Å². The summed E-state index contributed by atoms with van der Waals surface area (Å²) in [5.41, 5.74) is 2.66. The number of hydrogen-bond donors (Lipinski definition) is 2. The van der Waals surface area contributed by atoms with Crippen LogP contribution in [0.25, 0.3) is 0 Å². The largest absolute Gasteiger partial charge is 0.490 e. The number of ether oxygens (including phenoxy) is 3. The molecule has 2 aromatic carbocycles. The third-order valence-corrected chi connectivity index (χ3v) is 5.48. The molecule has 2 aromatic rings. The van der Waals surface area contributed by atoms with Crippen molar-refractivity contribution in [2.45, 2.75) is 26.5 Å². The van der Waals surface area contributed by atoms with Gasteiger partial charge in [-0.05, 0) is 55.9 Å². The van der Waals surface area contributed by atoms with Crippen molar-refractivity contribution in [3.8, 4) is 11.5 Å². The Labute approximate surface area is 196 Å². The molecule has 164 valence electrons. The normalized spacial score (nSPS) is 15.8. The first-order chi connectivity index (χ1) is 14.8. The van der Waals surface area contributed by atoms with Gasteiger partial charge in [0.15, 0.2) is 16.6 Å². The average Bonchev–Trinajstić information content (AvgIpc) is 2.73. The Morgan fingerprint density at radius 1 is 1.13 bits per heavy atom. The summed E-state index contributed by atoms with van der Waals surface area (Å²) in [5.74, 6) is 0.646. The van der Waals surface area contributed by atoms with Crippen LogP contribution < -0.4 is 20.1 Å². The van der Waals surface area contributed by atoms with Crippen molar-refractivity contribution in [3.05, 3.63) is 68.8 Å². The number of allylic oxidation sites excluding steroid dienone is 1. The van der Waals surface area contributed by atoms with Crippen molar-refractivity contribution in [2.75, 3.05) is 13.7 Å². The molecule has 0 radical (unpaired) electrons. The monoisotopic (exact) mass is 480 g/mol. The molecular formula is C22H22Cl2N2O4S. The van der Waals surface area contributed by atoms with Gasteiger partial charge in [-0.25, -0.2) is 4.79 Å². The number of nitrogens with one attached hydrogen (secondary N) is 2. The summed E-state index contributed by atoms with van der Waals surface area (Å²) in [6, 6.07) is 10.2. The van der Waals surface area contributed by atoms with Crippen LogP contribution in [0, 0.1) is 0 Å². The highest BCUT2D eigenvalue weighted by atomic mass is 35.5. The van der Waals surface area contributed by atoms with E-state index in [1.807, 2.05) is 25.1 Å². The standard InChI is InChI=1S/C22H22Cl2N2O4S/c1-4-29-18-9-13(20-19(21(27)28-3)12(2)25-22(31)26-20)6-8-17(18)30-11-14-5-7-15(23)10-16(14)24/h5-10,20H,4,11H2,1-3H3,(H2,25,26,31)/t20-/m1/s1. The molecule has 1 aliphatic heterocycles. The highest BCUT2D eigenvalue weighted by molar-refractivity contribution is 7.80. The molecule has 0 spiro atoms. The molecule has 0 fully saturated rings. The molecule has 0 aliphatic carbocycles. The third kappa shape index (κ3) is 5.42. The van der Waals surface area contributed by atoms with Crippen LogP contribution in [-0.4, -0.2) is 24.8 Å². The summed E-state index contributed by atoms with van der Waals surface area (Å²) < 4.78 is 16.7. The van der Waals surface area contributed by atoms with E-state index in [2.05, 4.69) is 10.6 Å². The Balaban J connectivity index is 1.91. The third-order valence-electron chi connectivity index (χ3n) is 4.67. The van der Waals surface area contributed by atoms with Gasteiger partial charge in [-0.15, -0.1) is 0 Å². The first-order valence-electron chi connectivity index (χ1n) is 9.54. The zero-order valence-corrected chi connectivity index (χ0v) is 19.6. The van der Waals surface area contributed by atoms with Gasteiger partial charge in [0.25, 0.3) is 0 Å². The predicted molar refractivity (Wildman–Crippen MR) is 125 cm³/mol. The maximum Gasteiger partial charge on any atom is 0.337 e. The maximum atomic E-state index is 12.4. The van der Waals surface area contributed by atoms with Crippen molar-refractivity contribution in [1.29, 1.82) is 0 Å². The molecule has 0 saturated heterocycles. The molecular weight excluding hydrogens is 459 g/mol. The van der Waals surface area contributed by atoms with Gasteiger partial charge in [0, 0.05) is 21.3 Å². The van der Waals surface area contributed by atoms with Gasteiger partial charge in [0.05, 0.1) is 25.3 Å². The zero-order valence-electron chi connectivity index (χ0n) is 17.3.